The largest absolute Gasteiger partial charge is 0.394 e. The molecule has 1 heterocycles. The summed E-state index contributed by atoms with van der Waals surface area (Å²) < 4.78 is 30.8. The Kier molecular flexibility index (Phi) is 11.3. The minimum atomic E-state index is -0.294. The predicted molar refractivity (Wildman–Crippen MR) is 136 cm³/mol. The third-order valence-electron chi connectivity index (χ3n) is 5.31. The molecular formula is C26H33FN4O5. The third-order valence-corrected chi connectivity index (χ3v) is 5.31. The molecule has 2 aromatic carbocycles. The first kappa shape index (κ1) is 27.3. The summed E-state index contributed by atoms with van der Waals surface area (Å²) in [4.78, 5) is 4.42. The van der Waals surface area contributed by atoms with Crippen LogP contribution in [0.1, 0.15) is 24.1 Å². The lowest BCUT2D eigenvalue weighted by molar-refractivity contribution is 0.0955. The van der Waals surface area contributed by atoms with E-state index >= 15 is 0 Å². The molecule has 9 nitrogen and oxygen atoms in total. The van der Waals surface area contributed by atoms with E-state index in [1.54, 1.807) is 12.1 Å². The zero-order valence-corrected chi connectivity index (χ0v) is 20.3. The van der Waals surface area contributed by atoms with E-state index in [1.165, 1.54) is 6.07 Å². The van der Waals surface area contributed by atoms with Crippen molar-refractivity contribution in [1.82, 2.24) is 10.5 Å². The van der Waals surface area contributed by atoms with Crippen molar-refractivity contribution >= 4 is 11.8 Å². The molecule has 194 valence electrons. The Hall–Kier alpha value is -3.31. The smallest absolute Gasteiger partial charge is 0.231 e. The summed E-state index contributed by atoms with van der Waals surface area (Å²) >= 11 is 0. The third kappa shape index (κ3) is 8.42. The van der Waals surface area contributed by atoms with Crippen molar-refractivity contribution in [3.8, 4) is 11.1 Å². The highest BCUT2D eigenvalue weighted by molar-refractivity contribution is 5.92. The number of halogens is 1. The summed E-state index contributed by atoms with van der Waals surface area (Å²) in [6.45, 7) is 3.88. The van der Waals surface area contributed by atoms with Crippen LogP contribution in [0.4, 0.5) is 10.3 Å². The van der Waals surface area contributed by atoms with Gasteiger partial charge in [0, 0.05) is 24.1 Å². The van der Waals surface area contributed by atoms with E-state index in [-0.39, 0.29) is 38.2 Å². The number of anilines is 1. The highest BCUT2D eigenvalue weighted by atomic mass is 19.1. The highest BCUT2D eigenvalue weighted by Crippen LogP contribution is 2.30. The average Bonchev–Trinajstić information content (AvgIpc) is 3.36. The lowest BCUT2D eigenvalue weighted by Gasteiger charge is -2.11. The molecule has 0 amide bonds. The van der Waals surface area contributed by atoms with Gasteiger partial charge < -0.3 is 29.5 Å². The van der Waals surface area contributed by atoms with Crippen LogP contribution in [0.2, 0.25) is 0 Å². The highest BCUT2D eigenvalue weighted by Gasteiger charge is 2.17. The number of aromatic nitrogens is 1. The molecule has 0 radical (unpaired) electrons. The van der Waals surface area contributed by atoms with Gasteiger partial charge in [-0.15, -0.1) is 0 Å². The molecule has 1 aromatic heterocycles. The number of hydrogen-bond acceptors (Lipinski definition) is 7. The van der Waals surface area contributed by atoms with Crippen molar-refractivity contribution in [1.29, 1.82) is 0 Å². The Balaban J connectivity index is 1.64. The number of benzene rings is 2. The van der Waals surface area contributed by atoms with E-state index in [2.05, 4.69) is 20.8 Å². The standard InChI is InChI=1S/C26H33FN4O5/c1-19(21-7-8-22(23(27)17-21)20-5-3-2-4-6-20)24-18-25(36-31-24)30-26(28-9-13-34-15-11-32)29-10-14-35-16-12-33/h2-8,17-19,32-33H,9-16H2,1H3,(H2,28,29,30). The predicted octanol–water partition coefficient (Wildman–Crippen LogP) is 3.01. The molecule has 0 aliphatic heterocycles. The van der Waals surface area contributed by atoms with E-state index < -0.39 is 0 Å². The monoisotopic (exact) mass is 500 g/mol. The maximum Gasteiger partial charge on any atom is 0.231 e. The first-order valence-electron chi connectivity index (χ1n) is 11.9. The van der Waals surface area contributed by atoms with Crippen LogP contribution in [0, 0.1) is 5.82 Å². The van der Waals surface area contributed by atoms with Crippen LogP contribution >= 0.6 is 0 Å². The van der Waals surface area contributed by atoms with Gasteiger partial charge in [-0.05, 0) is 17.2 Å². The summed E-state index contributed by atoms with van der Waals surface area (Å²) in [7, 11) is 0. The molecule has 10 heteroatoms. The average molecular weight is 501 g/mol. The fourth-order valence-electron chi connectivity index (χ4n) is 3.43. The van der Waals surface area contributed by atoms with Crippen molar-refractivity contribution in [3.05, 3.63) is 71.7 Å². The van der Waals surface area contributed by atoms with Gasteiger partial charge in [0.05, 0.1) is 51.9 Å². The second kappa shape index (κ2) is 14.9. The van der Waals surface area contributed by atoms with E-state index in [0.29, 0.717) is 49.4 Å². The van der Waals surface area contributed by atoms with Gasteiger partial charge in [0.25, 0.3) is 0 Å². The van der Waals surface area contributed by atoms with Crippen LogP contribution in [-0.2, 0) is 9.47 Å². The van der Waals surface area contributed by atoms with Crippen LogP contribution in [0.25, 0.3) is 11.1 Å². The Morgan fingerprint density at radius 3 is 2.50 bits per heavy atom. The van der Waals surface area contributed by atoms with Gasteiger partial charge in [-0.25, -0.2) is 4.39 Å². The van der Waals surface area contributed by atoms with Gasteiger partial charge >= 0.3 is 0 Å². The number of nitrogens with zero attached hydrogens (tertiary/aromatic N) is 2. The summed E-state index contributed by atoms with van der Waals surface area (Å²) in [5.74, 6) is 0.314. The van der Waals surface area contributed by atoms with E-state index in [1.807, 2.05) is 43.3 Å². The van der Waals surface area contributed by atoms with Crippen molar-refractivity contribution in [2.45, 2.75) is 12.8 Å². The molecule has 3 rings (SSSR count). The van der Waals surface area contributed by atoms with Crippen LogP contribution < -0.4 is 10.6 Å². The molecule has 0 aliphatic carbocycles. The van der Waals surface area contributed by atoms with Crippen molar-refractivity contribution < 1.29 is 28.6 Å². The van der Waals surface area contributed by atoms with E-state index in [0.717, 1.165) is 11.1 Å². The second-order valence-corrected chi connectivity index (χ2v) is 7.90. The molecule has 0 fully saturated rings. The van der Waals surface area contributed by atoms with Crippen LogP contribution in [-0.4, -0.2) is 74.1 Å². The number of aliphatic hydroxyl groups is 2. The number of aliphatic imine (C=N–C) groups is 1. The Morgan fingerprint density at radius 2 is 1.78 bits per heavy atom. The van der Waals surface area contributed by atoms with Gasteiger partial charge in [0.15, 0.2) is 5.96 Å². The van der Waals surface area contributed by atoms with Crippen LogP contribution in [0.3, 0.4) is 0 Å². The molecule has 1 unspecified atom stereocenters. The molecule has 4 N–H and O–H groups in total. The Labute approximate surface area is 210 Å². The molecule has 0 spiro atoms. The molecule has 0 bridgehead atoms. The maximum absolute atomic E-state index is 14.9. The van der Waals surface area contributed by atoms with Crippen molar-refractivity contribution in [2.75, 3.05) is 58.0 Å². The number of rotatable bonds is 14. The molecule has 0 saturated heterocycles. The number of hydrogen-bond donors (Lipinski definition) is 4. The molecule has 0 aliphatic rings. The minimum Gasteiger partial charge on any atom is -0.394 e. The second-order valence-electron chi connectivity index (χ2n) is 7.90. The van der Waals surface area contributed by atoms with Gasteiger partial charge in [-0.3, -0.25) is 10.3 Å². The van der Waals surface area contributed by atoms with Crippen molar-refractivity contribution in [3.63, 3.8) is 0 Å². The van der Waals surface area contributed by atoms with Gasteiger partial charge in [-0.1, -0.05) is 54.5 Å². The fraction of sp³-hybridized carbons (Fsp3) is 0.385. The number of guanidine groups is 1. The SMILES string of the molecule is CC(c1ccc(-c2ccccc2)c(F)c1)c1cc(NC(=NCCOCCO)NCCOCCO)on1. The summed E-state index contributed by atoms with van der Waals surface area (Å²) in [6, 6.07) is 16.4. The van der Waals surface area contributed by atoms with Gasteiger partial charge in [0.2, 0.25) is 5.88 Å². The van der Waals surface area contributed by atoms with Crippen LogP contribution in [0.5, 0.6) is 0 Å². The normalized spacial score (nSPS) is 12.5. The zero-order chi connectivity index (χ0) is 25.6. The number of nitrogens with one attached hydrogen (secondary N) is 2. The van der Waals surface area contributed by atoms with E-state index in [9.17, 15) is 4.39 Å². The van der Waals surface area contributed by atoms with Crippen LogP contribution in [0.15, 0.2) is 64.1 Å². The Morgan fingerprint density at radius 1 is 1.03 bits per heavy atom. The first-order valence-corrected chi connectivity index (χ1v) is 11.9. The summed E-state index contributed by atoms with van der Waals surface area (Å²) in [5, 5.41) is 27.9. The molecule has 36 heavy (non-hydrogen) atoms. The summed E-state index contributed by atoms with van der Waals surface area (Å²) in [5.41, 5.74) is 2.79. The van der Waals surface area contributed by atoms with Gasteiger partial charge in [0.1, 0.15) is 5.82 Å². The lowest BCUT2D eigenvalue weighted by atomic mass is 9.95. The molecule has 3 aromatic rings. The van der Waals surface area contributed by atoms with Crippen molar-refractivity contribution in [2.24, 2.45) is 4.99 Å². The fourth-order valence-corrected chi connectivity index (χ4v) is 3.43. The number of ether oxygens (including phenoxy) is 2. The molecular weight excluding hydrogens is 467 g/mol. The number of aliphatic hydroxyl groups excluding tert-OH is 2. The molecule has 1 atom stereocenters. The lowest BCUT2D eigenvalue weighted by Crippen LogP contribution is -2.34. The zero-order valence-electron chi connectivity index (χ0n) is 20.3. The van der Waals surface area contributed by atoms with Gasteiger partial charge in [-0.2, -0.15) is 0 Å². The quantitative estimate of drug-likeness (QED) is 0.151. The van der Waals surface area contributed by atoms with E-state index in [4.69, 9.17) is 24.2 Å². The minimum absolute atomic E-state index is 0.0424. The topological polar surface area (TPSA) is 121 Å². The maximum atomic E-state index is 14.9. The first-order chi connectivity index (χ1) is 17.6. The molecule has 0 saturated carbocycles. The Bertz CT molecular complexity index is 1080. The summed E-state index contributed by atoms with van der Waals surface area (Å²) in [6.07, 6.45) is 0.